The summed E-state index contributed by atoms with van der Waals surface area (Å²) in [6, 6.07) is -0.860. The number of alkyl halides is 3. The first kappa shape index (κ1) is 26.4. The maximum atomic E-state index is 12.8. The molecule has 5 rings (SSSR count). The van der Waals surface area contributed by atoms with Crippen molar-refractivity contribution >= 4 is 16.9 Å². The van der Waals surface area contributed by atoms with Crippen LogP contribution in [0.1, 0.15) is 63.4 Å². The third-order valence-electron chi connectivity index (χ3n) is 7.75. The molecule has 0 bridgehead atoms. The van der Waals surface area contributed by atoms with Gasteiger partial charge in [0.1, 0.15) is 6.10 Å². The van der Waals surface area contributed by atoms with Crippen LogP contribution in [0.4, 0.5) is 19.1 Å². The molecule has 0 amide bonds. The highest BCUT2D eigenvalue weighted by Crippen LogP contribution is 2.39. The first-order valence-electron chi connectivity index (χ1n) is 13.4. The first-order valence-corrected chi connectivity index (χ1v) is 13.4. The zero-order valence-corrected chi connectivity index (χ0v) is 21.2. The van der Waals surface area contributed by atoms with E-state index >= 15 is 0 Å². The molecular formula is C26H36F3N5O3. The SMILES string of the molecule is C[C@@H](CC(F)(F)F)Nc1ncc2c(OC3CC(CN4CCOCC4)C3)ncc(C3CCC(O)CC3)c2n1. The van der Waals surface area contributed by atoms with Crippen molar-refractivity contribution in [2.24, 2.45) is 5.92 Å². The molecule has 0 spiro atoms. The van der Waals surface area contributed by atoms with E-state index in [1.54, 1.807) is 12.4 Å². The molecule has 1 atom stereocenters. The van der Waals surface area contributed by atoms with Crippen LogP contribution in [0.2, 0.25) is 0 Å². The molecule has 3 aliphatic rings. The van der Waals surface area contributed by atoms with E-state index in [1.807, 2.05) is 0 Å². The summed E-state index contributed by atoms with van der Waals surface area (Å²) in [5, 5.41) is 13.4. The van der Waals surface area contributed by atoms with Crippen LogP contribution in [0.15, 0.2) is 12.4 Å². The second kappa shape index (κ2) is 11.2. The Morgan fingerprint density at radius 1 is 1.14 bits per heavy atom. The van der Waals surface area contributed by atoms with Gasteiger partial charge in [-0.05, 0) is 57.3 Å². The molecule has 2 N–H and O–H groups in total. The lowest BCUT2D eigenvalue weighted by Gasteiger charge is -2.39. The molecule has 8 nitrogen and oxygen atoms in total. The molecule has 204 valence electrons. The zero-order valence-electron chi connectivity index (χ0n) is 21.2. The molecule has 0 radical (unpaired) electrons. The third-order valence-corrected chi connectivity index (χ3v) is 7.75. The van der Waals surface area contributed by atoms with Crippen LogP contribution in [-0.2, 0) is 4.74 Å². The highest BCUT2D eigenvalue weighted by atomic mass is 19.4. The quantitative estimate of drug-likeness (QED) is 0.530. The number of anilines is 1. The predicted molar refractivity (Wildman–Crippen MR) is 133 cm³/mol. The smallest absolute Gasteiger partial charge is 0.391 e. The van der Waals surface area contributed by atoms with Gasteiger partial charge in [0, 0.05) is 43.6 Å². The summed E-state index contributed by atoms with van der Waals surface area (Å²) in [7, 11) is 0. The monoisotopic (exact) mass is 523 g/mol. The molecule has 2 aliphatic carbocycles. The number of hydrogen-bond donors (Lipinski definition) is 2. The summed E-state index contributed by atoms with van der Waals surface area (Å²) < 4.78 is 50.2. The van der Waals surface area contributed by atoms with Crippen molar-refractivity contribution in [2.75, 3.05) is 38.2 Å². The van der Waals surface area contributed by atoms with Crippen molar-refractivity contribution in [1.29, 1.82) is 0 Å². The summed E-state index contributed by atoms with van der Waals surface area (Å²) in [6.45, 7) is 6.06. The molecule has 2 aromatic rings. The topological polar surface area (TPSA) is 92.6 Å². The van der Waals surface area contributed by atoms with Gasteiger partial charge in [-0.2, -0.15) is 13.2 Å². The van der Waals surface area contributed by atoms with Gasteiger partial charge in [0.2, 0.25) is 11.8 Å². The molecule has 1 saturated heterocycles. The van der Waals surface area contributed by atoms with E-state index in [9.17, 15) is 18.3 Å². The zero-order chi connectivity index (χ0) is 26.0. The Bertz CT molecular complexity index is 1050. The van der Waals surface area contributed by atoms with E-state index in [1.165, 1.54) is 6.92 Å². The minimum absolute atomic E-state index is 0.0713. The molecule has 0 unspecified atom stereocenters. The van der Waals surface area contributed by atoms with Crippen molar-refractivity contribution < 1.29 is 27.8 Å². The summed E-state index contributed by atoms with van der Waals surface area (Å²) in [5.74, 6) is 1.39. The fourth-order valence-corrected chi connectivity index (χ4v) is 5.71. The number of aromatic nitrogens is 3. The molecule has 11 heteroatoms. The fraction of sp³-hybridized carbons (Fsp3) is 0.731. The Morgan fingerprint density at radius 3 is 2.57 bits per heavy atom. The van der Waals surface area contributed by atoms with Crippen LogP contribution >= 0.6 is 0 Å². The van der Waals surface area contributed by atoms with Gasteiger partial charge in [-0.3, -0.25) is 4.90 Å². The van der Waals surface area contributed by atoms with Gasteiger partial charge >= 0.3 is 6.18 Å². The lowest BCUT2D eigenvalue weighted by molar-refractivity contribution is -0.136. The van der Waals surface area contributed by atoms with E-state index in [4.69, 9.17) is 9.47 Å². The molecule has 2 aromatic heterocycles. The van der Waals surface area contributed by atoms with Gasteiger partial charge < -0.3 is 19.9 Å². The lowest BCUT2D eigenvalue weighted by atomic mass is 9.81. The number of halogens is 3. The number of nitrogens with one attached hydrogen (secondary N) is 1. The van der Waals surface area contributed by atoms with Crippen LogP contribution in [0.3, 0.4) is 0 Å². The highest BCUT2D eigenvalue weighted by molar-refractivity contribution is 5.86. The van der Waals surface area contributed by atoms with E-state index in [-0.39, 0.29) is 24.1 Å². The van der Waals surface area contributed by atoms with Crippen LogP contribution in [-0.4, -0.2) is 82.2 Å². The van der Waals surface area contributed by atoms with Crippen molar-refractivity contribution in [2.45, 2.75) is 82.2 Å². The Labute approximate surface area is 215 Å². The summed E-state index contributed by atoms with van der Waals surface area (Å²) in [6.07, 6.45) is 2.87. The molecule has 2 saturated carbocycles. The third kappa shape index (κ3) is 6.80. The van der Waals surface area contributed by atoms with Crippen molar-refractivity contribution in [3.8, 4) is 5.88 Å². The molecular weight excluding hydrogens is 487 g/mol. The maximum absolute atomic E-state index is 12.8. The van der Waals surface area contributed by atoms with Crippen LogP contribution < -0.4 is 10.1 Å². The summed E-state index contributed by atoms with van der Waals surface area (Å²) in [4.78, 5) is 16.0. The van der Waals surface area contributed by atoms with E-state index in [2.05, 4.69) is 25.2 Å². The second-order valence-electron chi connectivity index (χ2n) is 10.8. The van der Waals surface area contributed by atoms with Gasteiger partial charge in [-0.25, -0.2) is 15.0 Å². The van der Waals surface area contributed by atoms with Gasteiger partial charge in [0.25, 0.3) is 0 Å². The largest absolute Gasteiger partial charge is 0.474 e. The molecule has 3 heterocycles. The minimum Gasteiger partial charge on any atom is -0.474 e. The van der Waals surface area contributed by atoms with Gasteiger partial charge in [0.15, 0.2) is 0 Å². The number of hydrogen-bond acceptors (Lipinski definition) is 8. The number of aliphatic hydroxyl groups is 1. The van der Waals surface area contributed by atoms with Crippen LogP contribution in [0.25, 0.3) is 10.9 Å². The first-order chi connectivity index (χ1) is 17.7. The maximum Gasteiger partial charge on any atom is 0.391 e. The van der Waals surface area contributed by atoms with Crippen molar-refractivity contribution in [3.63, 3.8) is 0 Å². The molecule has 1 aliphatic heterocycles. The average molecular weight is 524 g/mol. The number of pyridine rings is 1. The summed E-state index contributed by atoms with van der Waals surface area (Å²) >= 11 is 0. The number of fused-ring (bicyclic) bond motifs is 1. The normalized spacial score (nSPS) is 28.0. The Balaban J connectivity index is 1.32. The minimum atomic E-state index is -4.27. The van der Waals surface area contributed by atoms with Crippen molar-refractivity contribution in [3.05, 3.63) is 18.0 Å². The van der Waals surface area contributed by atoms with E-state index in [0.29, 0.717) is 35.5 Å². The Hall–Kier alpha value is -2.24. The number of aliphatic hydroxyl groups excluding tert-OH is 1. The van der Waals surface area contributed by atoms with E-state index in [0.717, 1.165) is 64.1 Å². The fourth-order valence-electron chi connectivity index (χ4n) is 5.71. The van der Waals surface area contributed by atoms with Gasteiger partial charge in [0.05, 0.1) is 36.6 Å². The second-order valence-corrected chi connectivity index (χ2v) is 10.8. The average Bonchev–Trinajstić information content (AvgIpc) is 2.83. The highest BCUT2D eigenvalue weighted by Gasteiger charge is 2.34. The standard InChI is InChI=1S/C26H36F3N5O3/c1-16(12-26(27,28)29)32-25-31-14-22-23(33-25)21(18-2-4-19(35)5-3-18)13-30-24(22)37-20-10-17(11-20)15-34-6-8-36-9-7-34/h13-14,16-20,35H,2-12,15H2,1H3,(H,31,32,33)/t16-,17?,18?,19?,20?/m0/s1. The number of ether oxygens (including phenoxy) is 2. The van der Waals surface area contributed by atoms with Gasteiger partial charge in [-0.1, -0.05) is 0 Å². The van der Waals surface area contributed by atoms with Crippen LogP contribution in [0, 0.1) is 5.92 Å². The molecule has 37 heavy (non-hydrogen) atoms. The molecule has 3 fully saturated rings. The number of morpholine rings is 1. The predicted octanol–water partition coefficient (Wildman–Crippen LogP) is 4.29. The number of rotatable bonds is 8. The van der Waals surface area contributed by atoms with Crippen molar-refractivity contribution in [1.82, 2.24) is 19.9 Å². The van der Waals surface area contributed by atoms with Crippen LogP contribution in [0.5, 0.6) is 5.88 Å². The number of nitrogens with zero attached hydrogens (tertiary/aromatic N) is 4. The Morgan fingerprint density at radius 2 is 1.86 bits per heavy atom. The molecule has 0 aromatic carbocycles. The van der Waals surface area contributed by atoms with E-state index < -0.39 is 18.6 Å². The summed E-state index contributed by atoms with van der Waals surface area (Å²) in [5.41, 5.74) is 1.59. The Kier molecular flexibility index (Phi) is 8.02. The van der Waals surface area contributed by atoms with Gasteiger partial charge in [-0.15, -0.1) is 0 Å². The lowest BCUT2D eigenvalue weighted by Crippen LogP contribution is -2.45.